The van der Waals surface area contributed by atoms with Crippen LogP contribution in [0.25, 0.3) is 0 Å². The molecule has 0 saturated heterocycles. The van der Waals surface area contributed by atoms with Crippen LogP contribution in [-0.4, -0.2) is 34.2 Å². The number of rotatable bonds is 7. The predicted octanol–water partition coefficient (Wildman–Crippen LogP) is 6.38. The minimum Gasteiger partial charge on any atom is -0.430 e. The topological polar surface area (TPSA) is 50.6 Å². The van der Waals surface area contributed by atoms with Gasteiger partial charge in [-0.1, -0.05) is 23.7 Å². The lowest BCUT2D eigenvalue weighted by atomic mass is 10.1. The third-order valence-corrected chi connectivity index (χ3v) is 5.19. The minimum absolute atomic E-state index is 0. The first-order valence-electron chi connectivity index (χ1n) is 9.05. The van der Waals surface area contributed by atoms with Crippen molar-refractivity contribution in [2.24, 2.45) is 4.99 Å². The molecular weight excluding hydrogens is 472 g/mol. The molecule has 0 unspecified atom stereocenters. The third-order valence-electron chi connectivity index (χ3n) is 4.31. The highest BCUT2D eigenvalue weighted by atomic mass is 79.9. The molecule has 2 aromatic carbocycles. The maximum Gasteiger partial charge on any atom is 0.298 e. The van der Waals surface area contributed by atoms with Crippen LogP contribution in [0.2, 0.25) is 5.02 Å². The van der Waals surface area contributed by atoms with Crippen molar-refractivity contribution in [2.45, 2.75) is 27.2 Å². The number of aryl methyl sites for hydroxylation is 2. The summed E-state index contributed by atoms with van der Waals surface area (Å²) >= 11 is 7.19. The molecule has 0 bridgehead atoms. The van der Waals surface area contributed by atoms with Crippen LogP contribution in [0.3, 0.4) is 0 Å². The Morgan fingerprint density at radius 3 is 2.59 bits per heavy atom. The lowest BCUT2D eigenvalue weighted by Crippen LogP contribution is -2.14. The molecule has 0 amide bonds. The Balaban J connectivity index is 0.00000300. The summed E-state index contributed by atoms with van der Waals surface area (Å²) in [7, 11) is 2.00. The summed E-state index contributed by atoms with van der Waals surface area (Å²) in [6.07, 6.45) is 2.49. The van der Waals surface area contributed by atoms with E-state index in [1.54, 1.807) is 0 Å². The second-order valence-electron chi connectivity index (χ2n) is 6.60. The van der Waals surface area contributed by atoms with Crippen molar-refractivity contribution in [1.82, 2.24) is 14.3 Å². The van der Waals surface area contributed by atoms with E-state index < -0.39 is 0 Å². The first kappa shape index (κ1) is 23.3. The minimum atomic E-state index is 0. The van der Waals surface area contributed by atoms with Gasteiger partial charge in [-0.05, 0) is 61.7 Å². The molecular formula is C21H24BrClN4OS. The summed E-state index contributed by atoms with van der Waals surface area (Å²) in [5, 5.41) is 1.26. The summed E-state index contributed by atoms with van der Waals surface area (Å²) in [5.74, 6) is 1.51. The number of aliphatic imine (C=N–C) groups is 1. The van der Waals surface area contributed by atoms with Crippen LogP contribution in [0.1, 0.15) is 29.4 Å². The number of nitrogens with zero attached hydrogens (tertiary/aromatic N) is 4. The van der Waals surface area contributed by atoms with Gasteiger partial charge in [0.05, 0.1) is 12.0 Å². The zero-order chi connectivity index (χ0) is 20.1. The van der Waals surface area contributed by atoms with Crippen molar-refractivity contribution < 1.29 is 4.74 Å². The first-order chi connectivity index (χ1) is 13.4. The molecule has 0 fully saturated rings. The first-order valence-corrected chi connectivity index (χ1v) is 10.2. The molecule has 8 heteroatoms. The quantitative estimate of drug-likeness (QED) is 0.282. The lowest BCUT2D eigenvalue weighted by Gasteiger charge is -2.11. The van der Waals surface area contributed by atoms with Gasteiger partial charge in [0, 0.05) is 36.6 Å². The highest BCUT2D eigenvalue weighted by molar-refractivity contribution is 8.93. The monoisotopic (exact) mass is 494 g/mol. The number of hydrogen-bond donors (Lipinski definition) is 0. The molecule has 1 heterocycles. The van der Waals surface area contributed by atoms with Crippen LogP contribution >= 0.6 is 40.1 Å². The van der Waals surface area contributed by atoms with Gasteiger partial charge in [0.15, 0.2) is 5.82 Å². The van der Waals surface area contributed by atoms with Gasteiger partial charge in [0.25, 0.3) is 5.19 Å². The summed E-state index contributed by atoms with van der Waals surface area (Å²) < 4.78 is 10.4. The van der Waals surface area contributed by atoms with Crippen molar-refractivity contribution in [3.63, 3.8) is 0 Å². The molecule has 1 aromatic heterocycles. The molecule has 3 rings (SSSR count). The molecule has 0 radical (unpaired) electrons. The van der Waals surface area contributed by atoms with Crippen LogP contribution in [0.15, 0.2) is 41.4 Å². The van der Waals surface area contributed by atoms with Crippen LogP contribution in [0, 0.1) is 13.8 Å². The highest BCUT2D eigenvalue weighted by Gasteiger charge is 2.11. The van der Waals surface area contributed by atoms with Crippen LogP contribution in [0.4, 0.5) is 5.69 Å². The average Bonchev–Trinajstić information content (AvgIpc) is 3.11. The molecule has 0 N–H and O–H groups in total. The lowest BCUT2D eigenvalue weighted by molar-refractivity contribution is 0.473. The van der Waals surface area contributed by atoms with E-state index in [1.807, 2.05) is 68.5 Å². The van der Waals surface area contributed by atoms with E-state index in [1.165, 1.54) is 11.5 Å². The summed E-state index contributed by atoms with van der Waals surface area (Å²) in [5.41, 5.74) is 4.10. The van der Waals surface area contributed by atoms with E-state index in [4.69, 9.17) is 16.3 Å². The van der Waals surface area contributed by atoms with Gasteiger partial charge >= 0.3 is 0 Å². The number of halogens is 2. The molecule has 3 aromatic rings. The van der Waals surface area contributed by atoms with Gasteiger partial charge < -0.3 is 9.64 Å². The molecule has 0 aliphatic rings. The summed E-state index contributed by atoms with van der Waals surface area (Å²) in [6.45, 7) is 7.03. The zero-order valence-electron chi connectivity index (χ0n) is 16.8. The van der Waals surface area contributed by atoms with Crippen LogP contribution < -0.4 is 4.74 Å². The fourth-order valence-corrected chi connectivity index (χ4v) is 3.18. The smallest absolute Gasteiger partial charge is 0.298 e. The van der Waals surface area contributed by atoms with E-state index in [-0.39, 0.29) is 17.0 Å². The van der Waals surface area contributed by atoms with Crippen molar-refractivity contribution >= 4 is 52.1 Å². The Morgan fingerprint density at radius 2 is 1.90 bits per heavy atom. The third kappa shape index (κ3) is 6.52. The zero-order valence-corrected chi connectivity index (χ0v) is 20.1. The van der Waals surface area contributed by atoms with E-state index >= 15 is 0 Å². The summed E-state index contributed by atoms with van der Waals surface area (Å²) in [4.78, 5) is 11.1. The SMILES string of the molecule is Br.CCN(C)C=Nc1cc(C)c(Oc2nc(Cc3ccc(Cl)cc3)ns2)cc1C. The molecule has 154 valence electrons. The molecule has 0 saturated carbocycles. The Bertz CT molecular complexity index is 975. The number of ether oxygens (including phenoxy) is 1. The number of hydrogen-bond acceptors (Lipinski definition) is 5. The van der Waals surface area contributed by atoms with Gasteiger partial charge in [-0.3, -0.25) is 0 Å². The Hall–Kier alpha value is -1.96. The standard InChI is InChI=1S/C21H23ClN4OS.BrH/c1-5-26(4)13-23-18-10-15(3)19(11-14(18)2)27-21-24-20(25-28-21)12-16-6-8-17(22)9-7-16;/h6-11,13H,5,12H2,1-4H3;1H. The molecule has 0 aliphatic carbocycles. The second-order valence-corrected chi connectivity index (χ2v) is 7.75. The molecule has 0 spiro atoms. The maximum absolute atomic E-state index is 5.99. The van der Waals surface area contributed by atoms with Crippen LogP contribution in [-0.2, 0) is 6.42 Å². The van der Waals surface area contributed by atoms with Gasteiger partial charge in [-0.2, -0.15) is 9.36 Å². The highest BCUT2D eigenvalue weighted by Crippen LogP contribution is 2.32. The van der Waals surface area contributed by atoms with Crippen molar-refractivity contribution in [3.8, 4) is 10.9 Å². The van der Waals surface area contributed by atoms with Crippen LogP contribution in [0.5, 0.6) is 10.9 Å². The van der Waals surface area contributed by atoms with Gasteiger partial charge in [0.2, 0.25) is 0 Å². The van der Waals surface area contributed by atoms with Gasteiger partial charge in [-0.15, -0.1) is 17.0 Å². The van der Waals surface area contributed by atoms with Crippen molar-refractivity contribution in [2.75, 3.05) is 13.6 Å². The predicted molar refractivity (Wildman–Crippen MR) is 127 cm³/mol. The van der Waals surface area contributed by atoms with Gasteiger partial charge in [-0.25, -0.2) is 4.99 Å². The Morgan fingerprint density at radius 1 is 1.17 bits per heavy atom. The number of benzene rings is 2. The molecule has 0 aliphatic heterocycles. The van der Waals surface area contributed by atoms with E-state index in [2.05, 4.69) is 21.3 Å². The van der Waals surface area contributed by atoms with Crippen molar-refractivity contribution in [1.29, 1.82) is 0 Å². The fraction of sp³-hybridized carbons (Fsp3) is 0.286. The summed E-state index contributed by atoms with van der Waals surface area (Å²) in [6, 6.07) is 11.7. The Kier molecular flexibility index (Phi) is 8.61. The van der Waals surface area contributed by atoms with E-state index in [0.29, 0.717) is 11.6 Å². The molecule has 5 nitrogen and oxygen atoms in total. The van der Waals surface area contributed by atoms with Crippen molar-refractivity contribution in [3.05, 3.63) is 63.9 Å². The second kappa shape index (κ2) is 10.7. The van der Waals surface area contributed by atoms with E-state index in [0.717, 1.165) is 45.5 Å². The van der Waals surface area contributed by atoms with Gasteiger partial charge in [0.1, 0.15) is 5.75 Å². The molecule has 0 atom stereocenters. The number of aromatic nitrogens is 2. The normalized spacial score (nSPS) is 10.8. The maximum atomic E-state index is 5.99. The average molecular weight is 496 g/mol. The Labute approximate surface area is 191 Å². The largest absolute Gasteiger partial charge is 0.430 e. The fourth-order valence-electron chi connectivity index (χ4n) is 2.50. The molecule has 29 heavy (non-hydrogen) atoms. The van der Waals surface area contributed by atoms with E-state index in [9.17, 15) is 0 Å².